The first-order valence-electron chi connectivity index (χ1n) is 4.93. The Kier molecular flexibility index (Phi) is 5.02. The molecule has 1 rings (SSSR count). The third-order valence-electron chi connectivity index (χ3n) is 2.00. The molecule has 0 saturated carbocycles. The van der Waals surface area contributed by atoms with Gasteiger partial charge in [-0.2, -0.15) is 5.26 Å². The quantitative estimate of drug-likeness (QED) is 0.582. The maximum atomic E-state index is 11.1. The summed E-state index contributed by atoms with van der Waals surface area (Å²) in [5.74, 6) is 0.742. The Morgan fingerprint density at radius 1 is 1.75 bits per heavy atom. The Balaban J connectivity index is 2.49. The van der Waals surface area contributed by atoms with E-state index in [2.05, 4.69) is 21.4 Å². The molecule has 6 heteroatoms. The van der Waals surface area contributed by atoms with E-state index >= 15 is 0 Å². The number of nitrogens with one attached hydrogen (secondary N) is 2. The molecule has 0 aliphatic rings. The van der Waals surface area contributed by atoms with Crippen LogP contribution in [0.25, 0.3) is 0 Å². The van der Waals surface area contributed by atoms with E-state index in [0.717, 1.165) is 12.2 Å². The van der Waals surface area contributed by atoms with Gasteiger partial charge in [-0.3, -0.25) is 4.79 Å². The highest BCUT2D eigenvalue weighted by Gasteiger charge is 2.05. The lowest BCUT2D eigenvalue weighted by atomic mass is 10.3. The van der Waals surface area contributed by atoms with Crippen molar-refractivity contribution in [2.45, 2.75) is 24.5 Å². The lowest BCUT2D eigenvalue weighted by molar-refractivity contribution is 0.663. The van der Waals surface area contributed by atoms with E-state index < -0.39 is 0 Å². The van der Waals surface area contributed by atoms with E-state index in [1.54, 1.807) is 14.0 Å². The van der Waals surface area contributed by atoms with Gasteiger partial charge >= 0.3 is 0 Å². The molecule has 5 nitrogen and oxygen atoms in total. The van der Waals surface area contributed by atoms with Crippen molar-refractivity contribution in [3.63, 3.8) is 0 Å². The monoisotopic (exact) mass is 238 g/mol. The fourth-order valence-electron chi connectivity index (χ4n) is 1.17. The lowest BCUT2D eigenvalue weighted by Gasteiger charge is -2.06. The van der Waals surface area contributed by atoms with Crippen molar-refractivity contribution in [3.05, 3.63) is 22.1 Å². The topological polar surface area (TPSA) is 81.6 Å². The molecule has 0 radical (unpaired) electrons. The molecule has 0 spiro atoms. The van der Waals surface area contributed by atoms with Gasteiger partial charge in [0.15, 0.2) is 5.16 Å². The van der Waals surface area contributed by atoms with Crippen molar-refractivity contribution in [2.24, 2.45) is 0 Å². The number of rotatable bonds is 5. The van der Waals surface area contributed by atoms with Gasteiger partial charge in [0.25, 0.3) is 5.56 Å². The normalized spacial score (nSPS) is 12.1. The van der Waals surface area contributed by atoms with Crippen LogP contribution < -0.4 is 10.9 Å². The molecule has 1 heterocycles. The standard InChI is InChI=1S/C10H14N4OS/c1-7-5-9(15)14-10(13-7)16-4-3-8(6-11)12-2/h5,8,12H,3-4H2,1-2H3,(H,13,14,15). The second-order valence-corrected chi connectivity index (χ2v) is 4.38. The number of hydrogen-bond donors (Lipinski definition) is 2. The highest BCUT2D eigenvalue weighted by atomic mass is 32.2. The number of hydrogen-bond acceptors (Lipinski definition) is 5. The molecule has 1 atom stereocenters. The van der Waals surface area contributed by atoms with Crippen LogP contribution in [0, 0.1) is 18.3 Å². The van der Waals surface area contributed by atoms with Gasteiger partial charge in [-0.1, -0.05) is 11.8 Å². The summed E-state index contributed by atoms with van der Waals surface area (Å²) in [4.78, 5) is 18.0. The van der Waals surface area contributed by atoms with Crippen LogP contribution >= 0.6 is 11.8 Å². The van der Waals surface area contributed by atoms with Crippen LogP contribution in [0.2, 0.25) is 0 Å². The third-order valence-corrected chi connectivity index (χ3v) is 2.90. The predicted molar refractivity (Wildman–Crippen MR) is 63.4 cm³/mol. The van der Waals surface area contributed by atoms with Crippen LogP contribution in [-0.2, 0) is 0 Å². The zero-order chi connectivity index (χ0) is 12.0. The Labute approximate surface area is 98.3 Å². The van der Waals surface area contributed by atoms with Crippen molar-refractivity contribution >= 4 is 11.8 Å². The highest BCUT2D eigenvalue weighted by Crippen LogP contribution is 2.13. The minimum atomic E-state index is -0.149. The van der Waals surface area contributed by atoms with Gasteiger partial charge in [-0.25, -0.2) is 4.98 Å². The van der Waals surface area contributed by atoms with E-state index in [1.165, 1.54) is 17.8 Å². The summed E-state index contributed by atoms with van der Waals surface area (Å²) in [7, 11) is 1.76. The summed E-state index contributed by atoms with van der Waals surface area (Å²) in [6.45, 7) is 1.78. The average molecular weight is 238 g/mol. The van der Waals surface area contributed by atoms with Gasteiger partial charge in [-0.05, 0) is 20.4 Å². The zero-order valence-corrected chi connectivity index (χ0v) is 10.1. The summed E-state index contributed by atoms with van der Waals surface area (Å²) in [5, 5.41) is 12.2. The van der Waals surface area contributed by atoms with E-state index in [-0.39, 0.29) is 11.6 Å². The number of aryl methyl sites for hydroxylation is 1. The van der Waals surface area contributed by atoms with Gasteiger partial charge in [0, 0.05) is 17.5 Å². The molecule has 1 unspecified atom stereocenters. The van der Waals surface area contributed by atoms with E-state index in [1.807, 2.05) is 0 Å². The molecule has 0 amide bonds. The van der Waals surface area contributed by atoms with Gasteiger partial charge in [0.1, 0.15) is 0 Å². The summed E-state index contributed by atoms with van der Waals surface area (Å²) < 4.78 is 0. The number of aromatic amines is 1. The molecule has 86 valence electrons. The molecule has 16 heavy (non-hydrogen) atoms. The fraction of sp³-hybridized carbons (Fsp3) is 0.500. The molecule has 0 fully saturated rings. The fourth-order valence-corrected chi connectivity index (χ4v) is 2.10. The maximum absolute atomic E-state index is 11.1. The number of H-pyrrole nitrogens is 1. The first-order valence-corrected chi connectivity index (χ1v) is 5.92. The smallest absolute Gasteiger partial charge is 0.251 e. The largest absolute Gasteiger partial charge is 0.305 e. The van der Waals surface area contributed by atoms with Crippen molar-refractivity contribution in [3.8, 4) is 6.07 Å². The molecule has 0 aliphatic heterocycles. The molecule has 0 aliphatic carbocycles. The molecule has 2 N–H and O–H groups in total. The molecule has 0 saturated heterocycles. The molecule has 1 aromatic heterocycles. The van der Waals surface area contributed by atoms with Crippen LogP contribution in [0.3, 0.4) is 0 Å². The van der Waals surface area contributed by atoms with Crippen LogP contribution in [-0.4, -0.2) is 28.8 Å². The number of aromatic nitrogens is 2. The minimum Gasteiger partial charge on any atom is -0.305 e. The first-order chi connectivity index (χ1) is 7.65. The van der Waals surface area contributed by atoms with Crippen LogP contribution in [0.1, 0.15) is 12.1 Å². The van der Waals surface area contributed by atoms with Gasteiger partial charge < -0.3 is 10.3 Å². The molecule has 0 aromatic carbocycles. The maximum Gasteiger partial charge on any atom is 0.251 e. The molecular weight excluding hydrogens is 224 g/mol. The van der Waals surface area contributed by atoms with Crippen molar-refractivity contribution in [2.75, 3.05) is 12.8 Å². The summed E-state index contributed by atoms with van der Waals surface area (Å²) in [5.41, 5.74) is 0.567. The summed E-state index contributed by atoms with van der Waals surface area (Å²) in [6, 6.07) is 3.45. The average Bonchev–Trinajstić information content (AvgIpc) is 2.23. The van der Waals surface area contributed by atoms with E-state index in [9.17, 15) is 4.79 Å². The molecule has 0 bridgehead atoms. The second kappa shape index (κ2) is 6.30. The minimum absolute atomic E-state index is 0.138. The predicted octanol–water partition coefficient (Wildman–Crippen LogP) is 0.672. The first kappa shape index (κ1) is 12.7. The second-order valence-electron chi connectivity index (χ2n) is 3.30. The number of nitrogens with zero attached hydrogens (tertiary/aromatic N) is 2. The third kappa shape index (κ3) is 4.04. The van der Waals surface area contributed by atoms with Gasteiger partial charge in [-0.15, -0.1) is 0 Å². The van der Waals surface area contributed by atoms with Crippen molar-refractivity contribution < 1.29 is 0 Å². The summed E-state index contributed by atoms with van der Waals surface area (Å²) >= 11 is 1.45. The highest BCUT2D eigenvalue weighted by molar-refractivity contribution is 7.99. The van der Waals surface area contributed by atoms with Crippen molar-refractivity contribution in [1.29, 1.82) is 5.26 Å². The van der Waals surface area contributed by atoms with Gasteiger partial charge in [0.2, 0.25) is 0 Å². The molecule has 1 aromatic rings. The lowest BCUT2D eigenvalue weighted by Crippen LogP contribution is -2.23. The summed E-state index contributed by atoms with van der Waals surface area (Å²) in [6.07, 6.45) is 0.718. The van der Waals surface area contributed by atoms with Crippen molar-refractivity contribution in [1.82, 2.24) is 15.3 Å². The number of nitriles is 1. The SMILES string of the molecule is CNC(C#N)CCSc1nc(C)cc(=O)[nH]1. The van der Waals surface area contributed by atoms with Crippen LogP contribution in [0.4, 0.5) is 0 Å². The Morgan fingerprint density at radius 3 is 3.06 bits per heavy atom. The molecular formula is C10H14N4OS. The van der Waals surface area contributed by atoms with E-state index in [0.29, 0.717) is 10.9 Å². The van der Waals surface area contributed by atoms with Gasteiger partial charge in [0.05, 0.1) is 12.1 Å². The number of thioether (sulfide) groups is 1. The van der Waals surface area contributed by atoms with E-state index in [4.69, 9.17) is 5.26 Å². The van der Waals surface area contributed by atoms with Crippen LogP contribution in [0.5, 0.6) is 0 Å². The Hall–Kier alpha value is -1.32. The zero-order valence-electron chi connectivity index (χ0n) is 9.28. The van der Waals surface area contributed by atoms with Crippen LogP contribution in [0.15, 0.2) is 16.0 Å². The Bertz CT molecular complexity index is 437. The Morgan fingerprint density at radius 2 is 2.50 bits per heavy atom.